The van der Waals surface area contributed by atoms with Gasteiger partial charge in [-0.25, -0.2) is 4.98 Å². The van der Waals surface area contributed by atoms with Gasteiger partial charge in [-0.1, -0.05) is 6.92 Å². The second kappa shape index (κ2) is 7.66. The Bertz CT molecular complexity index is 945. The first-order valence-electron chi connectivity index (χ1n) is 8.80. The monoisotopic (exact) mass is 401 g/mol. The molecule has 4 rings (SSSR count). The number of hydrogen-bond donors (Lipinski definition) is 1. The summed E-state index contributed by atoms with van der Waals surface area (Å²) < 4.78 is 5.07. The number of thiazole rings is 1. The summed E-state index contributed by atoms with van der Waals surface area (Å²) in [7, 11) is 0. The molecule has 0 aliphatic carbocycles. The van der Waals surface area contributed by atoms with E-state index in [2.05, 4.69) is 28.7 Å². The molecule has 8 heteroatoms. The van der Waals surface area contributed by atoms with Gasteiger partial charge in [0.2, 0.25) is 5.91 Å². The van der Waals surface area contributed by atoms with Crippen molar-refractivity contribution in [2.24, 2.45) is 0 Å². The van der Waals surface area contributed by atoms with Crippen molar-refractivity contribution >= 4 is 39.6 Å². The number of aromatic nitrogens is 1. The normalized spacial score (nSPS) is 16.2. The van der Waals surface area contributed by atoms with Gasteiger partial charge in [0.05, 0.1) is 24.4 Å². The Balaban J connectivity index is 1.41. The Labute approximate surface area is 164 Å². The molecule has 1 aliphatic heterocycles. The maximum atomic E-state index is 12.9. The average molecular weight is 402 g/mol. The van der Waals surface area contributed by atoms with Crippen molar-refractivity contribution in [2.75, 3.05) is 11.9 Å². The van der Waals surface area contributed by atoms with Crippen LogP contribution in [0, 0.1) is 0 Å². The highest BCUT2D eigenvalue weighted by Gasteiger charge is 2.30. The number of amides is 2. The highest BCUT2D eigenvalue weighted by Crippen LogP contribution is 2.35. The summed E-state index contributed by atoms with van der Waals surface area (Å²) in [5.74, 6) is -0.0410. The molecule has 0 bridgehead atoms. The number of nitrogens with zero attached hydrogens (tertiary/aromatic N) is 2. The minimum absolute atomic E-state index is 0.0768. The van der Waals surface area contributed by atoms with Crippen LogP contribution in [0.25, 0.3) is 0 Å². The first kappa shape index (κ1) is 17.9. The number of fused-ring (bicyclic) bond motifs is 1. The van der Waals surface area contributed by atoms with Gasteiger partial charge in [-0.05, 0) is 42.0 Å². The lowest BCUT2D eigenvalue weighted by atomic mass is 9.97. The summed E-state index contributed by atoms with van der Waals surface area (Å²) in [6.07, 6.45) is 3.50. The molecular weight excluding hydrogens is 382 g/mol. The quantitative estimate of drug-likeness (QED) is 0.697. The Morgan fingerprint density at radius 1 is 1.37 bits per heavy atom. The second-order valence-electron chi connectivity index (χ2n) is 6.31. The van der Waals surface area contributed by atoms with Crippen LogP contribution in [0.3, 0.4) is 0 Å². The first-order chi connectivity index (χ1) is 13.2. The van der Waals surface area contributed by atoms with Crippen LogP contribution in [0.1, 0.15) is 46.1 Å². The number of carbonyl (C=O) groups excluding carboxylic acids is 2. The zero-order valence-electron chi connectivity index (χ0n) is 14.8. The van der Waals surface area contributed by atoms with Crippen LogP contribution >= 0.6 is 22.7 Å². The van der Waals surface area contributed by atoms with E-state index in [4.69, 9.17) is 4.42 Å². The SMILES string of the molecule is CCC1c2ccsc2CCN1C(=O)Cc1csc(NC(=O)c2ccco2)n1. The Hall–Kier alpha value is -2.45. The zero-order valence-corrected chi connectivity index (χ0v) is 16.4. The molecule has 1 aliphatic rings. The van der Waals surface area contributed by atoms with Gasteiger partial charge in [0.25, 0.3) is 5.91 Å². The van der Waals surface area contributed by atoms with Gasteiger partial charge in [0, 0.05) is 16.8 Å². The molecule has 3 aromatic heterocycles. The Kier molecular flexibility index (Phi) is 5.09. The van der Waals surface area contributed by atoms with Gasteiger partial charge in [0.15, 0.2) is 10.9 Å². The van der Waals surface area contributed by atoms with Crippen LogP contribution in [0.5, 0.6) is 0 Å². The number of carbonyl (C=O) groups is 2. The number of anilines is 1. The molecular formula is C19H19N3O3S2. The predicted molar refractivity (Wildman–Crippen MR) is 105 cm³/mol. The van der Waals surface area contributed by atoms with Gasteiger partial charge in [-0.2, -0.15) is 0 Å². The van der Waals surface area contributed by atoms with Gasteiger partial charge in [-0.3, -0.25) is 14.9 Å². The molecule has 2 amide bonds. The summed E-state index contributed by atoms with van der Waals surface area (Å²) in [4.78, 5) is 32.6. The molecule has 0 saturated heterocycles. The van der Waals surface area contributed by atoms with E-state index in [0.29, 0.717) is 10.8 Å². The highest BCUT2D eigenvalue weighted by molar-refractivity contribution is 7.14. The Morgan fingerprint density at radius 2 is 2.26 bits per heavy atom. The zero-order chi connectivity index (χ0) is 18.8. The van der Waals surface area contributed by atoms with Crippen LogP contribution in [0.2, 0.25) is 0 Å². The van der Waals surface area contributed by atoms with Crippen molar-refractivity contribution in [3.8, 4) is 0 Å². The minimum Gasteiger partial charge on any atom is -0.459 e. The van der Waals surface area contributed by atoms with Crippen LogP contribution in [0.15, 0.2) is 39.6 Å². The van der Waals surface area contributed by atoms with E-state index in [1.165, 1.54) is 28.0 Å². The fourth-order valence-corrected chi connectivity index (χ4v) is 5.04. The summed E-state index contributed by atoms with van der Waals surface area (Å²) in [5, 5.41) is 7.08. The van der Waals surface area contributed by atoms with Gasteiger partial charge in [-0.15, -0.1) is 22.7 Å². The maximum absolute atomic E-state index is 12.9. The van der Waals surface area contributed by atoms with Crippen molar-refractivity contribution < 1.29 is 14.0 Å². The molecule has 0 saturated carbocycles. The van der Waals surface area contributed by atoms with E-state index in [1.807, 2.05) is 10.3 Å². The predicted octanol–water partition coefficient (Wildman–Crippen LogP) is 4.13. The van der Waals surface area contributed by atoms with Gasteiger partial charge >= 0.3 is 0 Å². The van der Waals surface area contributed by atoms with Crippen molar-refractivity contribution in [3.63, 3.8) is 0 Å². The van der Waals surface area contributed by atoms with Crippen molar-refractivity contribution in [1.29, 1.82) is 0 Å². The lowest BCUT2D eigenvalue weighted by molar-refractivity contribution is -0.133. The fourth-order valence-electron chi connectivity index (χ4n) is 3.40. The topological polar surface area (TPSA) is 75.4 Å². The van der Waals surface area contributed by atoms with Crippen molar-refractivity contribution in [2.45, 2.75) is 32.2 Å². The van der Waals surface area contributed by atoms with Gasteiger partial charge < -0.3 is 9.32 Å². The third kappa shape index (κ3) is 3.68. The molecule has 0 radical (unpaired) electrons. The molecule has 0 spiro atoms. The van der Waals surface area contributed by atoms with E-state index in [0.717, 1.165) is 19.4 Å². The molecule has 140 valence electrons. The van der Waals surface area contributed by atoms with Gasteiger partial charge in [0.1, 0.15) is 0 Å². The number of furan rings is 1. The molecule has 1 unspecified atom stereocenters. The van der Waals surface area contributed by atoms with Crippen molar-refractivity contribution in [1.82, 2.24) is 9.88 Å². The number of thiophene rings is 1. The van der Waals surface area contributed by atoms with E-state index < -0.39 is 0 Å². The molecule has 27 heavy (non-hydrogen) atoms. The lowest BCUT2D eigenvalue weighted by Crippen LogP contribution is -2.40. The summed E-state index contributed by atoms with van der Waals surface area (Å²) >= 11 is 3.08. The fraction of sp³-hybridized carbons (Fsp3) is 0.316. The molecule has 4 heterocycles. The molecule has 6 nitrogen and oxygen atoms in total. The third-order valence-corrected chi connectivity index (χ3v) is 6.45. The molecule has 1 atom stereocenters. The largest absolute Gasteiger partial charge is 0.459 e. The van der Waals surface area contributed by atoms with E-state index in [-0.39, 0.29) is 30.0 Å². The van der Waals surface area contributed by atoms with Crippen LogP contribution in [-0.4, -0.2) is 28.2 Å². The third-order valence-electron chi connectivity index (χ3n) is 4.65. The number of rotatable bonds is 5. The highest BCUT2D eigenvalue weighted by atomic mass is 32.1. The number of hydrogen-bond acceptors (Lipinski definition) is 6. The van der Waals surface area contributed by atoms with Crippen LogP contribution in [-0.2, 0) is 17.6 Å². The average Bonchev–Trinajstić information content (AvgIpc) is 3.42. The van der Waals surface area contributed by atoms with Crippen molar-refractivity contribution in [3.05, 3.63) is 57.1 Å². The van der Waals surface area contributed by atoms with E-state index >= 15 is 0 Å². The molecule has 0 fully saturated rings. The van der Waals surface area contributed by atoms with E-state index in [9.17, 15) is 9.59 Å². The molecule has 3 aromatic rings. The summed E-state index contributed by atoms with van der Waals surface area (Å²) in [5.41, 5.74) is 1.96. The molecule has 0 aromatic carbocycles. The minimum atomic E-state index is -0.348. The standard InChI is InChI=1S/C19H19N3O3S2/c1-2-14-13-6-9-26-16(13)5-7-22(14)17(23)10-12-11-27-19(20-12)21-18(24)15-4-3-8-25-15/h3-4,6,8-9,11,14H,2,5,7,10H2,1H3,(H,20,21,24). The van der Waals surface area contributed by atoms with E-state index in [1.54, 1.807) is 23.5 Å². The first-order valence-corrected chi connectivity index (χ1v) is 10.6. The van der Waals surface area contributed by atoms with Crippen LogP contribution in [0.4, 0.5) is 5.13 Å². The van der Waals surface area contributed by atoms with Crippen LogP contribution < -0.4 is 5.32 Å². The lowest BCUT2D eigenvalue weighted by Gasteiger charge is -2.35. The number of nitrogens with one attached hydrogen (secondary N) is 1. The summed E-state index contributed by atoms with van der Waals surface area (Å²) in [6.45, 7) is 2.86. The smallest absolute Gasteiger partial charge is 0.293 e. The molecule has 1 N–H and O–H groups in total. The maximum Gasteiger partial charge on any atom is 0.293 e. The summed E-state index contributed by atoms with van der Waals surface area (Å²) in [6, 6.07) is 5.53. The Morgan fingerprint density at radius 3 is 3.04 bits per heavy atom. The second-order valence-corrected chi connectivity index (χ2v) is 8.17.